The van der Waals surface area contributed by atoms with Crippen LogP contribution in [0.5, 0.6) is 0 Å². The molecule has 1 aromatic rings. The molecule has 0 aliphatic heterocycles. The van der Waals surface area contributed by atoms with Gasteiger partial charge in [0.2, 0.25) is 10.0 Å². The van der Waals surface area contributed by atoms with Crippen LogP contribution in [0.3, 0.4) is 0 Å². The van der Waals surface area contributed by atoms with Crippen LogP contribution in [0.25, 0.3) is 0 Å². The Kier molecular flexibility index (Phi) is 5.60. The van der Waals surface area contributed by atoms with Crippen LogP contribution in [0.2, 0.25) is 0 Å². The fraction of sp³-hybridized carbons (Fsp3) is 0.417. The van der Waals surface area contributed by atoms with Gasteiger partial charge in [0.1, 0.15) is 5.82 Å². The lowest BCUT2D eigenvalue weighted by Crippen LogP contribution is -2.33. The maximum atomic E-state index is 13.9. The van der Waals surface area contributed by atoms with Crippen molar-refractivity contribution in [3.63, 3.8) is 0 Å². The van der Waals surface area contributed by atoms with E-state index in [1.807, 2.05) is 0 Å². The number of benzene rings is 1. The molecule has 1 amide bonds. The maximum absolute atomic E-state index is 13.9. The van der Waals surface area contributed by atoms with Crippen molar-refractivity contribution in [2.45, 2.75) is 24.0 Å². The van der Waals surface area contributed by atoms with Crippen molar-refractivity contribution in [3.8, 4) is 0 Å². The molecule has 9 heteroatoms. The Balaban J connectivity index is 3.09. The van der Waals surface area contributed by atoms with Crippen molar-refractivity contribution in [1.29, 1.82) is 0 Å². The molecule has 0 radical (unpaired) electrons. The van der Waals surface area contributed by atoms with Crippen LogP contribution in [0, 0.1) is 12.7 Å². The molecule has 0 aliphatic carbocycles. The van der Waals surface area contributed by atoms with E-state index in [9.17, 15) is 21.8 Å². The predicted octanol–water partition coefficient (Wildman–Crippen LogP) is 0.278. The molecule has 118 valence electrons. The minimum Gasteiger partial charge on any atom is -0.351 e. The van der Waals surface area contributed by atoms with Gasteiger partial charge in [-0.2, -0.15) is 0 Å². The number of nitrogens with two attached hydrogens (primary N) is 1. The number of carbonyl (C=O) groups excluding carboxylic acids is 1. The van der Waals surface area contributed by atoms with Crippen molar-refractivity contribution >= 4 is 26.7 Å². The van der Waals surface area contributed by atoms with E-state index in [1.165, 1.54) is 13.2 Å². The van der Waals surface area contributed by atoms with E-state index in [2.05, 4.69) is 5.32 Å². The average molecular weight is 336 g/mol. The Morgan fingerprint density at radius 3 is 2.52 bits per heavy atom. The summed E-state index contributed by atoms with van der Waals surface area (Å²) in [5, 5.41) is 7.10. The van der Waals surface area contributed by atoms with Crippen LogP contribution in [-0.4, -0.2) is 36.6 Å². The summed E-state index contributed by atoms with van der Waals surface area (Å²) in [5.74, 6) is -1.59. The zero-order valence-corrected chi connectivity index (χ0v) is 13.5. The van der Waals surface area contributed by atoms with Crippen LogP contribution < -0.4 is 10.5 Å². The summed E-state index contributed by atoms with van der Waals surface area (Å²) >= 11 is 0. The highest BCUT2D eigenvalue weighted by atomic mass is 32.2. The van der Waals surface area contributed by atoms with Crippen molar-refractivity contribution in [2.75, 3.05) is 12.8 Å². The van der Waals surface area contributed by atoms with Crippen LogP contribution in [-0.2, 0) is 20.8 Å². The fourth-order valence-corrected chi connectivity index (χ4v) is 2.46. The first kappa shape index (κ1) is 17.7. The summed E-state index contributed by atoms with van der Waals surface area (Å²) < 4.78 is 47.8. The summed E-state index contributed by atoms with van der Waals surface area (Å²) in [6.07, 6.45) is 1.49. The van der Waals surface area contributed by atoms with Gasteiger partial charge in [-0.3, -0.25) is 9.00 Å². The summed E-state index contributed by atoms with van der Waals surface area (Å²) in [4.78, 5) is 11.6. The number of carbonyl (C=O) groups is 1. The second-order valence-corrected chi connectivity index (χ2v) is 8.03. The van der Waals surface area contributed by atoms with Gasteiger partial charge in [0.25, 0.3) is 5.91 Å². The van der Waals surface area contributed by atoms with Crippen molar-refractivity contribution in [1.82, 2.24) is 5.32 Å². The Morgan fingerprint density at radius 1 is 1.48 bits per heavy atom. The molecule has 0 heterocycles. The van der Waals surface area contributed by atoms with Crippen LogP contribution in [0.1, 0.15) is 22.8 Å². The number of nitrogens with one attached hydrogen (secondary N) is 1. The van der Waals surface area contributed by atoms with Gasteiger partial charge >= 0.3 is 0 Å². The summed E-state index contributed by atoms with van der Waals surface area (Å²) in [5.41, 5.74) is -0.410. The topological polar surface area (TPSA) is 106 Å². The van der Waals surface area contributed by atoms with Gasteiger partial charge < -0.3 is 5.32 Å². The molecule has 0 saturated heterocycles. The number of amides is 1. The zero-order chi connectivity index (χ0) is 16.4. The summed E-state index contributed by atoms with van der Waals surface area (Å²) in [7, 11) is -5.17. The Bertz CT molecular complexity index is 689. The first-order chi connectivity index (χ1) is 9.54. The van der Waals surface area contributed by atoms with E-state index >= 15 is 0 Å². The van der Waals surface area contributed by atoms with Gasteiger partial charge in [-0.1, -0.05) is 0 Å². The van der Waals surface area contributed by atoms with E-state index in [-0.39, 0.29) is 22.3 Å². The Hall–Kier alpha value is -1.32. The molecule has 2 unspecified atom stereocenters. The highest BCUT2D eigenvalue weighted by molar-refractivity contribution is 7.89. The smallest absolute Gasteiger partial charge is 0.254 e. The van der Waals surface area contributed by atoms with Crippen molar-refractivity contribution in [3.05, 3.63) is 29.1 Å². The molecule has 1 rings (SSSR count). The number of halogens is 1. The molecular weight excluding hydrogens is 319 g/mol. The number of aryl methyl sites for hydroxylation is 1. The standard InChI is InChI=1S/C12H17FN2O4S2/c1-7-4-9(21(14,18)19)5-10(11(7)13)12(16)15-6-8(2)20(3)17/h4-5,8H,6H2,1-3H3,(H,15,16)(H2,14,18,19). The molecular formula is C12H17FN2O4S2. The predicted molar refractivity (Wildman–Crippen MR) is 78.4 cm³/mol. The molecule has 6 nitrogen and oxygen atoms in total. The molecule has 21 heavy (non-hydrogen) atoms. The van der Waals surface area contributed by atoms with Crippen molar-refractivity contribution < 1.29 is 21.8 Å². The van der Waals surface area contributed by atoms with Crippen LogP contribution >= 0.6 is 0 Å². The minimum atomic E-state index is -4.04. The highest BCUT2D eigenvalue weighted by Crippen LogP contribution is 2.18. The number of rotatable bonds is 5. The van der Waals surface area contributed by atoms with Crippen molar-refractivity contribution in [2.24, 2.45) is 5.14 Å². The third kappa shape index (κ3) is 4.58. The summed E-state index contributed by atoms with van der Waals surface area (Å²) in [6, 6.07) is 1.95. The largest absolute Gasteiger partial charge is 0.351 e. The van der Waals surface area contributed by atoms with Gasteiger partial charge in [0.05, 0.1) is 10.5 Å². The molecule has 2 atom stereocenters. The van der Waals surface area contributed by atoms with E-state index < -0.39 is 38.1 Å². The second kappa shape index (κ2) is 6.63. The summed E-state index contributed by atoms with van der Waals surface area (Å²) in [6.45, 7) is 3.09. The van der Waals surface area contributed by atoms with Gasteiger partial charge in [-0.05, 0) is 31.5 Å². The minimum absolute atomic E-state index is 0.00112. The molecule has 0 spiro atoms. The van der Waals surface area contributed by atoms with Gasteiger partial charge in [-0.25, -0.2) is 17.9 Å². The number of sulfonamides is 1. The maximum Gasteiger partial charge on any atom is 0.254 e. The molecule has 0 aliphatic rings. The third-order valence-electron chi connectivity index (χ3n) is 2.92. The molecule has 3 N–H and O–H groups in total. The molecule has 1 aromatic carbocycles. The average Bonchev–Trinajstić information content (AvgIpc) is 2.37. The van der Waals surface area contributed by atoms with E-state index in [4.69, 9.17) is 5.14 Å². The number of hydrogen-bond acceptors (Lipinski definition) is 4. The lowest BCUT2D eigenvalue weighted by molar-refractivity contribution is 0.0949. The lowest BCUT2D eigenvalue weighted by atomic mass is 10.1. The second-order valence-electron chi connectivity index (χ2n) is 4.67. The Labute approximate surface area is 125 Å². The van der Waals surface area contributed by atoms with Crippen LogP contribution in [0.4, 0.5) is 4.39 Å². The fourth-order valence-electron chi connectivity index (χ4n) is 1.51. The van der Waals surface area contributed by atoms with E-state index in [1.54, 1.807) is 6.92 Å². The third-order valence-corrected chi connectivity index (χ3v) is 5.11. The van der Waals surface area contributed by atoms with Gasteiger partial charge in [0.15, 0.2) is 0 Å². The monoisotopic (exact) mass is 336 g/mol. The van der Waals surface area contributed by atoms with Gasteiger partial charge in [-0.15, -0.1) is 0 Å². The quantitative estimate of drug-likeness (QED) is 0.805. The number of primary sulfonamides is 1. The SMILES string of the molecule is Cc1cc(S(N)(=O)=O)cc(C(=O)NCC(C)S(C)=O)c1F. The first-order valence-corrected chi connectivity index (χ1v) is 9.14. The van der Waals surface area contributed by atoms with Crippen LogP contribution in [0.15, 0.2) is 17.0 Å². The molecule has 0 fully saturated rings. The lowest BCUT2D eigenvalue weighted by Gasteiger charge is -2.12. The molecule has 0 aromatic heterocycles. The highest BCUT2D eigenvalue weighted by Gasteiger charge is 2.20. The normalized spacial score (nSPS) is 14.5. The van der Waals surface area contributed by atoms with Gasteiger partial charge in [0, 0.05) is 28.9 Å². The molecule has 0 bridgehead atoms. The first-order valence-electron chi connectivity index (χ1n) is 5.97. The van der Waals surface area contributed by atoms with E-state index in [0.29, 0.717) is 0 Å². The molecule has 0 saturated carbocycles. The van der Waals surface area contributed by atoms with E-state index in [0.717, 1.165) is 12.1 Å². The number of hydrogen-bond donors (Lipinski definition) is 2. The zero-order valence-electron chi connectivity index (χ0n) is 11.8. The Morgan fingerprint density at radius 2 is 2.05 bits per heavy atom.